The van der Waals surface area contributed by atoms with E-state index in [1.54, 1.807) is 19.1 Å². The van der Waals surface area contributed by atoms with Crippen LogP contribution in [0, 0.1) is 5.92 Å². The van der Waals surface area contributed by atoms with Gasteiger partial charge in [-0.05, 0) is 5.56 Å². The SMILES string of the molecule is C[C@H]1COC1(C(=O)O)C(=O)OCc1ccccc1. The predicted molar refractivity (Wildman–Crippen MR) is 61.7 cm³/mol. The highest BCUT2D eigenvalue weighted by molar-refractivity contribution is 6.04. The molecule has 0 saturated carbocycles. The summed E-state index contributed by atoms with van der Waals surface area (Å²) in [7, 11) is 0. The first-order valence-electron chi connectivity index (χ1n) is 5.66. The number of carbonyl (C=O) groups excluding carboxylic acids is 1. The van der Waals surface area contributed by atoms with Crippen LogP contribution in [0.2, 0.25) is 0 Å². The maximum Gasteiger partial charge on any atom is 0.351 e. The van der Waals surface area contributed by atoms with Gasteiger partial charge in [-0.2, -0.15) is 0 Å². The van der Waals surface area contributed by atoms with Crippen LogP contribution in [0.1, 0.15) is 12.5 Å². The molecule has 5 heteroatoms. The summed E-state index contributed by atoms with van der Waals surface area (Å²) in [6.45, 7) is 1.96. The zero-order chi connectivity index (χ0) is 13.2. The number of hydrogen-bond acceptors (Lipinski definition) is 4. The van der Waals surface area contributed by atoms with Gasteiger partial charge in [0.15, 0.2) is 0 Å². The highest BCUT2D eigenvalue weighted by atomic mass is 16.6. The lowest BCUT2D eigenvalue weighted by atomic mass is 9.84. The Hall–Kier alpha value is -1.88. The Morgan fingerprint density at radius 1 is 1.44 bits per heavy atom. The molecule has 1 aromatic rings. The van der Waals surface area contributed by atoms with Crippen LogP contribution in [0.15, 0.2) is 30.3 Å². The van der Waals surface area contributed by atoms with Crippen molar-refractivity contribution in [2.45, 2.75) is 19.1 Å². The number of esters is 1. The molecule has 0 spiro atoms. The molecule has 1 aliphatic rings. The quantitative estimate of drug-likeness (QED) is 0.642. The molecule has 0 aromatic heterocycles. The minimum Gasteiger partial charge on any atom is -0.479 e. The highest BCUT2D eigenvalue weighted by Gasteiger charge is 2.60. The molecule has 1 aliphatic heterocycles. The fourth-order valence-corrected chi connectivity index (χ4v) is 1.87. The van der Waals surface area contributed by atoms with Gasteiger partial charge in [0.05, 0.1) is 6.61 Å². The number of carboxylic acid groups (broad SMARTS) is 1. The summed E-state index contributed by atoms with van der Waals surface area (Å²) in [6.07, 6.45) is 0. The van der Waals surface area contributed by atoms with Gasteiger partial charge in [-0.1, -0.05) is 37.3 Å². The van der Waals surface area contributed by atoms with Crippen molar-refractivity contribution in [3.8, 4) is 0 Å². The molecule has 1 fully saturated rings. The van der Waals surface area contributed by atoms with Crippen molar-refractivity contribution in [1.29, 1.82) is 0 Å². The minimum absolute atomic E-state index is 0.0464. The minimum atomic E-state index is -1.82. The zero-order valence-electron chi connectivity index (χ0n) is 9.96. The Kier molecular flexibility index (Phi) is 3.34. The van der Waals surface area contributed by atoms with Crippen molar-refractivity contribution in [3.05, 3.63) is 35.9 Å². The first kappa shape index (κ1) is 12.6. The Morgan fingerprint density at radius 2 is 2.11 bits per heavy atom. The van der Waals surface area contributed by atoms with Gasteiger partial charge in [-0.3, -0.25) is 0 Å². The fraction of sp³-hybridized carbons (Fsp3) is 0.385. The first-order chi connectivity index (χ1) is 8.57. The van der Waals surface area contributed by atoms with Crippen molar-refractivity contribution < 1.29 is 24.2 Å². The summed E-state index contributed by atoms with van der Waals surface area (Å²) < 4.78 is 9.99. The van der Waals surface area contributed by atoms with Crippen molar-refractivity contribution in [1.82, 2.24) is 0 Å². The maximum absolute atomic E-state index is 11.8. The van der Waals surface area contributed by atoms with E-state index in [9.17, 15) is 9.59 Å². The third kappa shape index (κ3) is 1.97. The van der Waals surface area contributed by atoms with Gasteiger partial charge in [0, 0.05) is 5.92 Å². The third-order valence-corrected chi connectivity index (χ3v) is 3.09. The standard InChI is InChI=1S/C13H14O5/c1-9-7-18-13(9,11(14)15)12(16)17-8-10-5-3-2-4-6-10/h2-6,9H,7-8H2,1H3,(H,14,15)/t9-,13?/m0/s1. The van der Waals surface area contributed by atoms with Crippen LogP contribution in [0.3, 0.4) is 0 Å². The second-order valence-electron chi connectivity index (χ2n) is 4.31. The Balaban J connectivity index is 2.01. The number of rotatable bonds is 4. The van der Waals surface area contributed by atoms with Gasteiger partial charge < -0.3 is 14.6 Å². The molecule has 0 aliphatic carbocycles. The van der Waals surface area contributed by atoms with Crippen LogP contribution in [0.5, 0.6) is 0 Å². The molecule has 2 rings (SSSR count). The van der Waals surface area contributed by atoms with Crippen molar-refractivity contribution in [3.63, 3.8) is 0 Å². The number of ether oxygens (including phenoxy) is 2. The first-order valence-corrected chi connectivity index (χ1v) is 5.66. The molecule has 1 N–H and O–H groups in total. The lowest BCUT2D eigenvalue weighted by Crippen LogP contribution is -2.63. The highest BCUT2D eigenvalue weighted by Crippen LogP contribution is 2.34. The van der Waals surface area contributed by atoms with Gasteiger partial charge in [0.2, 0.25) is 0 Å². The van der Waals surface area contributed by atoms with E-state index in [1.165, 1.54) is 0 Å². The van der Waals surface area contributed by atoms with Gasteiger partial charge >= 0.3 is 11.9 Å². The van der Waals surface area contributed by atoms with E-state index < -0.39 is 17.5 Å². The molecule has 2 atom stereocenters. The lowest BCUT2D eigenvalue weighted by molar-refractivity contribution is -0.231. The van der Waals surface area contributed by atoms with Gasteiger partial charge in [0.1, 0.15) is 6.61 Å². The number of aliphatic carboxylic acids is 1. The van der Waals surface area contributed by atoms with Crippen LogP contribution in [-0.4, -0.2) is 29.3 Å². The summed E-state index contributed by atoms with van der Waals surface area (Å²) >= 11 is 0. The van der Waals surface area contributed by atoms with Crippen LogP contribution in [0.25, 0.3) is 0 Å². The second kappa shape index (κ2) is 4.78. The largest absolute Gasteiger partial charge is 0.479 e. The third-order valence-electron chi connectivity index (χ3n) is 3.09. The molecule has 18 heavy (non-hydrogen) atoms. The van der Waals surface area contributed by atoms with E-state index in [0.29, 0.717) is 0 Å². The topological polar surface area (TPSA) is 72.8 Å². The van der Waals surface area contributed by atoms with Crippen molar-refractivity contribution >= 4 is 11.9 Å². The molecule has 1 unspecified atom stereocenters. The molecule has 96 valence electrons. The van der Waals surface area contributed by atoms with E-state index in [2.05, 4.69) is 0 Å². The van der Waals surface area contributed by atoms with Crippen LogP contribution in [0.4, 0.5) is 0 Å². The fourth-order valence-electron chi connectivity index (χ4n) is 1.87. The molecule has 1 heterocycles. The Labute approximate surface area is 104 Å². The molecule has 5 nitrogen and oxygen atoms in total. The molecular weight excluding hydrogens is 236 g/mol. The van der Waals surface area contributed by atoms with E-state index in [4.69, 9.17) is 14.6 Å². The molecule has 0 amide bonds. The van der Waals surface area contributed by atoms with E-state index >= 15 is 0 Å². The van der Waals surface area contributed by atoms with Gasteiger partial charge in [-0.15, -0.1) is 0 Å². The average molecular weight is 250 g/mol. The summed E-state index contributed by atoms with van der Waals surface area (Å²) in [5.74, 6) is -2.50. The van der Waals surface area contributed by atoms with Crippen molar-refractivity contribution in [2.75, 3.05) is 6.61 Å². The van der Waals surface area contributed by atoms with E-state index in [1.807, 2.05) is 18.2 Å². The second-order valence-corrected chi connectivity index (χ2v) is 4.31. The van der Waals surface area contributed by atoms with Crippen LogP contribution < -0.4 is 0 Å². The van der Waals surface area contributed by atoms with Crippen molar-refractivity contribution in [2.24, 2.45) is 5.92 Å². The normalized spacial score (nSPS) is 26.2. The smallest absolute Gasteiger partial charge is 0.351 e. The predicted octanol–water partition coefficient (Wildman–Crippen LogP) is 1.22. The van der Waals surface area contributed by atoms with E-state index in [0.717, 1.165) is 5.56 Å². The molecule has 0 bridgehead atoms. The zero-order valence-corrected chi connectivity index (χ0v) is 9.96. The number of carbonyl (C=O) groups is 2. The molecular formula is C13H14O5. The summed E-state index contributed by atoms with van der Waals surface area (Å²) in [5.41, 5.74) is -1.02. The van der Waals surface area contributed by atoms with Gasteiger partial charge in [-0.25, -0.2) is 9.59 Å². The maximum atomic E-state index is 11.8. The lowest BCUT2D eigenvalue weighted by Gasteiger charge is -2.41. The summed E-state index contributed by atoms with van der Waals surface area (Å²) in [5, 5.41) is 9.10. The summed E-state index contributed by atoms with van der Waals surface area (Å²) in [6, 6.07) is 9.08. The summed E-state index contributed by atoms with van der Waals surface area (Å²) in [4.78, 5) is 23.0. The van der Waals surface area contributed by atoms with E-state index in [-0.39, 0.29) is 19.1 Å². The Bertz CT molecular complexity index is 456. The average Bonchev–Trinajstić information content (AvgIpc) is 2.36. The number of hydrogen-bond donors (Lipinski definition) is 1. The number of benzene rings is 1. The van der Waals surface area contributed by atoms with Crippen LogP contribution in [-0.2, 0) is 25.7 Å². The number of carboxylic acids is 1. The Morgan fingerprint density at radius 3 is 2.56 bits per heavy atom. The monoisotopic (exact) mass is 250 g/mol. The molecule has 1 saturated heterocycles. The van der Waals surface area contributed by atoms with Gasteiger partial charge in [0.25, 0.3) is 5.60 Å². The molecule has 1 aromatic carbocycles. The van der Waals surface area contributed by atoms with Crippen LogP contribution >= 0.6 is 0 Å². The molecule has 0 radical (unpaired) electrons.